The molecule has 0 atom stereocenters. The SMILES string of the molecule is CCCCOCCCNCCS(=O)(=O)CCC. The van der Waals surface area contributed by atoms with Crippen LogP contribution in [0.3, 0.4) is 0 Å². The Labute approximate surface area is 106 Å². The van der Waals surface area contributed by atoms with E-state index in [4.69, 9.17) is 4.74 Å². The summed E-state index contributed by atoms with van der Waals surface area (Å²) in [7, 11) is -2.83. The first-order valence-corrected chi connectivity index (χ1v) is 8.43. The summed E-state index contributed by atoms with van der Waals surface area (Å²) in [4.78, 5) is 0. The molecule has 0 fully saturated rings. The molecule has 0 spiro atoms. The van der Waals surface area contributed by atoms with Gasteiger partial charge in [0.2, 0.25) is 0 Å². The van der Waals surface area contributed by atoms with Gasteiger partial charge in [-0.25, -0.2) is 8.42 Å². The van der Waals surface area contributed by atoms with Crippen molar-refractivity contribution in [2.45, 2.75) is 39.5 Å². The summed E-state index contributed by atoms with van der Waals surface area (Å²) >= 11 is 0. The van der Waals surface area contributed by atoms with E-state index in [0.717, 1.165) is 39.0 Å². The molecular formula is C12H27NO3S. The third kappa shape index (κ3) is 12.1. The molecule has 0 aliphatic heterocycles. The molecule has 0 bridgehead atoms. The molecule has 5 heteroatoms. The molecule has 104 valence electrons. The lowest BCUT2D eigenvalue weighted by Gasteiger charge is -2.06. The molecule has 0 saturated heterocycles. The zero-order valence-electron chi connectivity index (χ0n) is 11.2. The zero-order valence-corrected chi connectivity index (χ0v) is 12.0. The Balaban J connectivity index is 3.24. The summed E-state index contributed by atoms with van der Waals surface area (Å²) in [5.41, 5.74) is 0. The Bertz CT molecular complexity index is 252. The smallest absolute Gasteiger partial charge is 0.151 e. The maximum atomic E-state index is 11.4. The Morgan fingerprint density at radius 2 is 1.65 bits per heavy atom. The van der Waals surface area contributed by atoms with Gasteiger partial charge in [0.1, 0.15) is 0 Å². The Kier molecular flexibility index (Phi) is 10.9. The van der Waals surface area contributed by atoms with Crippen LogP contribution >= 0.6 is 0 Å². The van der Waals surface area contributed by atoms with E-state index in [1.807, 2.05) is 6.92 Å². The fourth-order valence-corrected chi connectivity index (χ4v) is 2.69. The van der Waals surface area contributed by atoms with E-state index in [0.29, 0.717) is 18.7 Å². The van der Waals surface area contributed by atoms with Crippen molar-refractivity contribution >= 4 is 9.84 Å². The lowest BCUT2D eigenvalue weighted by atomic mass is 10.4. The second-order valence-corrected chi connectivity index (χ2v) is 6.52. The van der Waals surface area contributed by atoms with Gasteiger partial charge < -0.3 is 10.1 Å². The van der Waals surface area contributed by atoms with E-state index >= 15 is 0 Å². The highest BCUT2D eigenvalue weighted by Gasteiger charge is 2.07. The van der Waals surface area contributed by atoms with Gasteiger partial charge in [0.05, 0.1) is 5.75 Å². The fourth-order valence-electron chi connectivity index (χ4n) is 1.41. The van der Waals surface area contributed by atoms with E-state index in [1.54, 1.807) is 0 Å². The predicted molar refractivity (Wildman–Crippen MR) is 72.2 cm³/mol. The van der Waals surface area contributed by atoms with Crippen LogP contribution in [0.4, 0.5) is 0 Å². The van der Waals surface area contributed by atoms with Crippen molar-refractivity contribution in [3.8, 4) is 0 Å². The lowest BCUT2D eigenvalue weighted by molar-refractivity contribution is 0.129. The molecule has 0 aromatic rings. The standard InChI is InChI=1S/C12H27NO3S/c1-3-5-9-16-10-6-7-13-8-12-17(14,15)11-4-2/h13H,3-12H2,1-2H3. The quantitative estimate of drug-likeness (QED) is 0.545. The highest BCUT2D eigenvalue weighted by Crippen LogP contribution is 1.92. The zero-order chi connectivity index (χ0) is 13.0. The fraction of sp³-hybridized carbons (Fsp3) is 1.00. The van der Waals surface area contributed by atoms with Crippen LogP contribution in [-0.2, 0) is 14.6 Å². The van der Waals surface area contributed by atoms with Crippen molar-refractivity contribution in [3.05, 3.63) is 0 Å². The maximum Gasteiger partial charge on any atom is 0.151 e. The van der Waals surface area contributed by atoms with Crippen LogP contribution in [0.1, 0.15) is 39.5 Å². The predicted octanol–water partition coefficient (Wildman–Crippen LogP) is 1.61. The van der Waals surface area contributed by atoms with Crippen LogP contribution < -0.4 is 5.32 Å². The Hall–Kier alpha value is -0.130. The van der Waals surface area contributed by atoms with E-state index < -0.39 is 9.84 Å². The van der Waals surface area contributed by atoms with Gasteiger partial charge in [0, 0.05) is 25.5 Å². The number of unbranched alkanes of at least 4 members (excludes halogenated alkanes) is 1. The largest absolute Gasteiger partial charge is 0.381 e. The van der Waals surface area contributed by atoms with Gasteiger partial charge in [-0.3, -0.25) is 0 Å². The first-order chi connectivity index (χ1) is 8.12. The van der Waals surface area contributed by atoms with E-state index in [-0.39, 0.29) is 5.75 Å². The summed E-state index contributed by atoms with van der Waals surface area (Å²) in [6.45, 7) is 7.00. The topological polar surface area (TPSA) is 55.4 Å². The minimum atomic E-state index is -2.83. The van der Waals surface area contributed by atoms with Gasteiger partial charge in [-0.2, -0.15) is 0 Å². The second-order valence-electron chi connectivity index (χ2n) is 4.22. The van der Waals surface area contributed by atoms with Gasteiger partial charge in [0.25, 0.3) is 0 Å². The number of rotatable bonds is 12. The molecule has 0 heterocycles. The number of ether oxygens (including phenoxy) is 1. The van der Waals surface area contributed by atoms with Gasteiger partial charge >= 0.3 is 0 Å². The first-order valence-electron chi connectivity index (χ1n) is 6.61. The molecule has 0 saturated carbocycles. The number of hydrogen-bond acceptors (Lipinski definition) is 4. The Morgan fingerprint density at radius 3 is 2.29 bits per heavy atom. The molecule has 0 aliphatic carbocycles. The third-order valence-electron chi connectivity index (χ3n) is 2.39. The van der Waals surface area contributed by atoms with E-state index in [1.165, 1.54) is 0 Å². The Morgan fingerprint density at radius 1 is 0.941 bits per heavy atom. The van der Waals surface area contributed by atoms with Gasteiger partial charge in [-0.05, 0) is 25.8 Å². The minimum Gasteiger partial charge on any atom is -0.381 e. The average molecular weight is 265 g/mol. The minimum absolute atomic E-state index is 0.248. The third-order valence-corrected chi connectivity index (χ3v) is 4.25. The van der Waals surface area contributed by atoms with E-state index in [2.05, 4.69) is 12.2 Å². The molecule has 1 N–H and O–H groups in total. The molecule has 0 unspecified atom stereocenters. The van der Waals surface area contributed by atoms with Crippen LogP contribution in [0.2, 0.25) is 0 Å². The highest BCUT2D eigenvalue weighted by molar-refractivity contribution is 7.91. The second kappa shape index (κ2) is 11.0. The van der Waals surface area contributed by atoms with Crippen LogP contribution in [0.15, 0.2) is 0 Å². The summed E-state index contributed by atoms with van der Waals surface area (Å²) in [5, 5.41) is 3.13. The normalized spacial score (nSPS) is 11.9. The van der Waals surface area contributed by atoms with Crippen LogP contribution in [0.25, 0.3) is 0 Å². The summed E-state index contributed by atoms with van der Waals surface area (Å²) in [5.74, 6) is 0.548. The molecule has 0 aromatic heterocycles. The molecule has 0 aliphatic rings. The summed E-state index contributed by atoms with van der Waals surface area (Å²) in [6.07, 6.45) is 3.92. The first kappa shape index (κ1) is 16.9. The molecule has 0 radical (unpaired) electrons. The van der Waals surface area contributed by atoms with Crippen molar-refractivity contribution in [3.63, 3.8) is 0 Å². The highest BCUT2D eigenvalue weighted by atomic mass is 32.2. The van der Waals surface area contributed by atoms with Crippen molar-refractivity contribution in [2.75, 3.05) is 37.8 Å². The number of hydrogen-bond donors (Lipinski definition) is 1. The lowest BCUT2D eigenvalue weighted by Crippen LogP contribution is -2.25. The molecule has 0 amide bonds. The summed E-state index contributed by atoms with van der Waals surface area (Å²) in [6, 6.07) is 0. The molecule has 17 heavy (non-hydrogen) atoms. The van der Waals surface area contributed by atoms with Gasteiger partial charge in [0.15, 0.2) is 9.84 Å². The molecule has 0 rings (SSSR count). The summed E-state index contributed by atoms with van der Waals surface area (Å²) < 4.78 is 28.1. The van der Waals surface area contributed by atoms with Crippen LogP contribution in [-0.4, -0.2) is 46.2 Å². The van der Waals surface area contributed by atoms with Crippen molar-refractivity contribution < 1.29 is 13.2 Å². The van der Waals surface area contributed by atoms with Crippen molar-refractivity contribution in [2.24, 2.45) is 0 Å². The van der Waals surface area contributed by atoms with Gasteiger partial charge in [-0.15, -0.1) is 0 Å². The van der Waals surface area contributed by atoms with Crippen molar-refractivity contribution in [1.82, 2.24) is 5.32 Å². The monoisotopic (exact) mass is 265 g/mol. The molecule has 4 nitrogen and oxygen atoms in total. The number of nitrogens with one attached hydrogen (secondary N) is 1. The molecule has 0 aromatic carbocycles. The molecular weight excluding hydrogens is 238 g/mol. The van der Waals surface area contributed by atoms with E-state index in [9.17, 15) is 8.42 Å². The number of sulfone groups is 1. The average Bonchev–Trinajstić information content (AvgIpc) is 2.27. The van der Waals surface area contributed by atoms with Crippen LogP contribution in [0.5, 0.6) is 0 Å². The van der Waals surface area contributed by atoms with Crippen molar-refractivity contribution in [1.29, 1.82) is 0 Å². The maximum absolute atomic E-state index is 11.4. The van der Waals surface area contributed by atoms with Crippen LogP contribution in [0, 0.1) is 0 Å². The van der Waals surface area contributed by atoms with Gasteiger partial charge in [-0.1, -0.05) is 20.3 Å².